The minimum absolute atomic E-state index is 0.0373. The van der Waals surface area contributed by atoms with Gasteiger partial charge in [-0.05, 0) is 6.92 Å². The Labute approximate surface area is 117 Å². The standard InChI is InChI=1S/C12H20N2O6/c1-9(15)13-3-4-18-11(17)7-10(16)14-8-12(2)19-5-6-20-12/h3-8H2,1-2H3,(H,13,15)(H,14,16). The van der Waals surface area contributed by atoms with Gasteiger partial charge in [0.25, 0.3) is 0 Å². The molecule has 2 N–H and O–H groups in total. The molecule has 8 nitrogen and oxygen atoms in total. The van der Waals surface area contributed by atoms with Crippen LogP contribution in [0, 0.1) is 0 Å². The highest BCUT2D eigenvalue weighted by Gasteiger charge is 2.31. The van der Waals surface area contributed by atoms with E-state index in [-0.39, 0.29) is 32.0 Å². The van der Waals surface area contributed by atoms with E-state index in [4.69, 9.17) is 14.2 Å². The lowest BCUT2D eigenvalue weighted by molar-refractivity contribution is -0.151. The molecule has 0 unspecified atom stereocenters. The van der Waals surface area contributed by atoms with Crippen LogP contribution in [0.2, 0.25) is 0 Å². The maximum absolute atomic E-state index is 11.5. The van der Waals surface area contributed by atoms with Gasteiger partial charge < -0.3 is 24.8 Å². The molecule has 0 aromatic carbocycles. The van der Waals surface area contributed by atoms with Crippen LogP contribution in [0.15, 0.2) is 0 Å². The largest absolute Gasteiger partial charge is 0.463 e. The lowest BCUT2D eigenvalue weighted by atomic mass is 10.3. The predicted molar refractivity (Wildman–Crippen MR) is 67.6 cm³/mol. The minimum Gasteiger partial charge on any atom is -0.463 e. The molecular formula is C12H20N2O6. The summed E-state index contributed by atoms with van der Waals surface area (Å²) in [6, 6.07) is 0. The average molecular weight is 288 g/mol. The topological polar surface area (TPSA) is 103 Å². The average Bonchev–Trinajstić information content (AvgIpc) is 2.80. The normalized spacial score (nSPS) is 16.5. The molecule has 1 aliphatic rings. The maximum atomic E-state index is 11.5. The summed E-state index contributed by atoms with van der Waals surface area (Å²) in [5.74, 6) is -2.14. The molecule has 114 valence electrons. The number of rotatable bonds is 7. The molecule has 1 heterocycles. The highest BCUT2D eigenvalue weighted by Crippen LogP contribution is 2.16. The molecule has 0 bridgehead atoms. The Balaban J connectivity index is 2.11. The third-order valence-corrected chi connectivity index (χ3v) is 2.55. The molecule has 1 rings (SSSR count). The van der Waals surface area contributed by atoms with Crippen molar-refractivity contribution in [3.8, 4) is 0 Å². The number of amides is 2. The summed E-state index contributed by atoms with van der Waals surface area (Å²) >= 11 is 0. The third-order valence-electron chi connectivity index (χ3n) is 2.55. The molecule has 1 aliphatic heterocycles. The van der Waals surface area contributed by atoms with Crippen LogP contribution in [0.1, 0.15) is 20.3 Å². The Bertz CT molecular complexity index is 365. The summed E-state index contributed by atoms with van der Waals surface area (Å²) in [5.41, 5.74) is 0. The first kappa shape index (κ1) is 16.4. The molecule has 0 aliphatic carbocycles. The van der Waals surface area contributed by atoms with Crippen molar-refractivity contribution in [2.24, 2.45) is 0 Å². The quantitative estimate of drug-likeness (QED) is 0.351. The van der Waals surface area contributed by atoms with Gasteiger partial charge in [-0.15, -0.1) is 0 Å². The SMILES string of the molecule is CC(=O)NCCOC(=O)CC(=O)NCC1(C)OCCO1. The van der Waals surface area contributed by atoms with Gasteiger partial charge in [0.1, 0.15) is 13.0 Å². The van der Waals surface area contributed by atoms with E-state index < -0.39 is 17.7 Å². The Hall–Kier alpha value is -1.67. The molecule has 0 aromatic rings. The van der Waals surface area contributed by atoms with Crippen LogP contribution in [-0.2, 0) is 28.6 Å². The molecule has 0 aromatic heterocycles. The van der Waals surface area contributed by atoms with Gasteiger partial charge in [-0.2, -0.15) is 0 Å². The van der Waals surface area contributed by atoms with E-state index >= 15 is 0 Å². The zero-order valence-electron chi connectivity index (χ0n) is 11.7. The molecule has 8 heteroatoms. The van der Waals surface area contributed by atoms with Crippen molar-refractivity contribution >= 4 is 17.8 Å². The molecule has 1 fully saturated rings. The molecule has 0 saturated carbocycles. The first-order chi connectivity index (χ1) is 9.41. The highest BCUT2D eigenvalue weighted by atomic mass is 16.7. The first-order valence-corrected chi connectivity index (χ1v) is 6.36. The van der Waals surface area contributed by atoms with Crippen molar-refractivity contribution < 1.29 is 28.6 Å². The number of nitrogens with one attached hydrogen (secondary N) is 2. The van der Waals surface area contributed by atoms with E-state index in [1.807, 2.05) is 0 Å². The zero-order valence-corrected chi connectivity index (χ0v) is 11.7. The number of carbonyl (C=O) groups is 3. The molecule has 0 radical (unpaired) electrons. The van der Waals surface area contributed by atoms with Crippen molar-refractivity contribution in [1.29, 1.82) is 0 Å². The lowest BCUT2D eigenvalue weighted by Gasteiger charge is -2.22. The van der Waals surface area contributed by atoms with E-state index in [2.05, 4.69) is 10.6 Å². The number of carbonyl (C=O) groups excluding carboxylic acids is 3. The van der Waals surface area contributed by atoms with E-state index in [1.54, 1.807) is 6.92 Å². The van der Waals surface area contributed by atoms with Gasteiger partial charge >= 0.3 is 5.97 Å². The van der Waals surface area contributed by atoms with Crippen LogP contribution in [0.5, 0.6) is 0 Å². The van der Waals surface area contributed by atoms with Crippen molar-refractivity contribution in [2.45, 2.75) is 26.1 Å². The van der Waals surface area contributed by atoms with E-state index in [0.717, 1.165) is 0 Å². The molecule has 1 saturated heterocycles. The fourth-order valence-corrected chi connectivity index (χ4v) is 1.55. The van der Waals surface area contributed by atoms with Gasteiger partial charge in [-0.3, -0.25) is 14.4 Å². The zero-order chi connectivity index (χ0) is 15.0. The van der Waals surface area contributed by atoms with E-state index in [9.17, 15) is 14.4 Å². The van der Waals surface area contributed by atoms with Crippen LogP contribution in [0.25, 0.3) is 0 Å². The monoisotopic (exact) mass is 288 g/mol. The summed E-state index contributed by atoms with van der Waals surface area (Å²) in [6.07, 6.45) is -0.379. The Kier molecular flexibility index (Phi) is 6.40. The third kappa shape index (κ3) is 6.48. The second-order valence-electron chi connectivity index (χ2n) is 4.49. The van der Waals surface area contributed by atoms with Gasteiger partial charge in [-0.25, -0.2) is 0 Å². The smallest absolute Gasteiger partial charge is 0.315 e. The van der Waals surface area contributed by atoms with E-state index in [1.165, 1.54) is 6.92 Å². The summed E-state index contributed by atoms with van der Waals surface area (Å²) < 4.78 is 15.4. The van der Waals surface area contributed by atoms with Crippen molar-refractivity contribution in [2.75, 3.05) is 32.9 Å². The van der Waals surface area contributed by atoms with Crippen LogP contribution in [0.4, 0.5) is 0 Å². The van der Waals surface area contributed by atoms with Gasteiger partial charge in [0.15, 0.2) is 5.79 Å². The molecule has 2 amide bonds. The van der Waals surface area contributed by atoms with Crippen LogP contribution in [-0.4, -0.2) is 56.5 Å². The Morgan fingerprint density at radius 1 is 1.20 bits per heavy atom. The number of hydrogen-bond donors (Lipinski definition) is 2. The summed E-state index contributed by atoms with van der Waals surface area (Å²) in [6.45, 7) is 4.48. The maximum Gasteiger partial charge on any atom is 0.315 e. The summed E-state index contributed by atoms with van der Waals surface area (Å²) in [5, 5.41) is 5.02. The number of hydrogen-bond acceptors (Lipinski definition) is 6. The Morgan fingerprint density at radius 2 is 1.85 bits per heavy atom. The summed E-state index contributed by atoms with van der Waals surface area (Å²) in [7, 11) is 0. The number of esters is 1. The van der Waals surface area contributed by atoms with Crippen LogP contribution < -0.4 is 10.6 Å². The van der Waals surface area contributed by atoms with Crippen molar-refractivity contribution in [3.05, 3.63) is 0 Å². The second kappa shape index (κ2) is 7.81. The molecule has 0 spiro atoms. The fourth-order valence-electron chi connectivity index (χ4n) is 1.55. The van der Waals surface area contributed by atoms with Gasteiger partial charge in [-0.1, -0.05) is 0 Å². The number of ether oxygens (including phenoxy) is 3. The van der Waals surface area contributed by atoms with Crippen LogP contribution >= 0.6 is 0 Å². The van der Waals surface area contributed by atoms with E-state index in [0.29, 0.717) is 13.2 Å². The predicted octanol–water partition coefficient (Wildman–Crippen LogP) is -1.06. The molecule has 20 heavy (non-hydrogen) atoms. The van der Waals surface area contributed by atoms with Gasteiger partial charge in [0, 0.05) is 6.92 Å². The summed E-state index contributed by atoms with van der Waals surface area (Å²) in [4.78, 5) is 33.4. The van der Waals surface area contributed by atoms with Gasteiger partial charge in [0.05, 0.1) is 26.3 Å². The Morgan fingerprint density at radius 3 is 2.45 bits per heavy atom. The van der Waals surface area contributed by atoms with Crippen molar-refractivity contribution in [3.63, 3.8) is 0 Å². The fraction of sp³-hybridized carbons (Fsp3) is 0.750. The molecule has 0 atom stereocenters. The molecular weight excluding hydrogens is 268 g/mol. The van der Waals surface area contributed by atoms with Crippen LogP contribution in [0.3, 0.4) is 0 Å². The minimum atomic E-state index is -0.828. The lowest BCUT2D eigenvalue weighted by Crippen LogP contribution is -2.42. The second-order valence-corrected chi connectivity index (χ2v) is 4.49. The van der Waals surface area contributed by atoms with Gasteiger partial charge in [0.2, 0.25) is 11.8 Å². The highest BCUT2D eigenvalue weighted by molar-refractivity contribution is 5.94. The van der Waals surface area contributed by atoms with Crippen molar-refractivity contribution in [1.82, 2.24) is 10.6 Å². The first-order valence-electron chi connectivity index (χ1n) is 6.36.